The monoisotopic (exact) mass is 563 g/mol. The maximum Gasteiger partial charge on any atom is 0.219 e. The summed E-state index contributed by atoms with van der Waals surface area (Å²) in [4.78, 5) is 17.1. The van der Waals surface area contributed by atoms with Crippen molar-refractivity contribution in [2.45, 2.75) is 56.4 Å². The molecule has 0 bridgehead atoms. The minimum atomic E-state index is 0.142. The van der Waals surface area contributed by atoms with Gasteiger partial charge in [-0.15, -0.1) is 0 Å². The summed E-state index contributed by atoms with van der Waals surface area (Å²) in [6.07, 6.45) is 11.2. The van der Waals surface area contributed by atoms with Crippen LogP contribution in [0.15, 0.2) is 70.7 Å². The van der Waals surface area contributed by atoms with Crippen LogP contribution in [0.1, 0.15) is 50.5 Å². The van der Waals surface area contributed by atoms with Crippen molar-refractivity contribution >= 4 is 40.3 Å². The molecule has 1 atom stereocenters. The van der Waals surface area contributed by atoms with Crippen molar-refractivity contribution in [1.29, 1.82) is 0 Å². The van der Waals surface area contributed by atoms with E-state index in [9.17, 15) is 4.79 Å². The number of nitrogens with one attached hydrogen (secondary N) is 3. The van der Waals surface area contributed by atoms with Crippen LogP contribution in [0.5, 0.6) is 0 Å². The predicted molar refractivity (Wildman–Crippen MR) is 165 cm³/mol. The van der Waals surface area contributed by atoms with Crippen LogP contribution >= 0.6 is 11.8 Å². The van der Waals surface area contributed by atoms with E-state index in [2.05, 4.69) is 101 Å². The Kier molecular flexibility index (Phi) is 11.8. The van der Waals surface area contributed by atoms with Crippen LogP contribution in [0.3, 0.4) is 0 Å². The van der Waals surface area contributed by atoms with E-state index in [1.54, 1.807) is 4.90 Å². The van der Waals surface area contributed by atoms with Crippen molar-refractivity contribution in [3.05, 3.63) is 71.4 Å². The lowest BCUT2D eigenvalue weighted by molar-refractivity contribution is -0.882. The van der Waals surface area contributed by atoms with E-state index < -0.39 is 0 Å². The number of unbranched alkanes of at least 4 members (excludes halogenated alkanes) is 3. The Bertz CT molecular complexity index is 1280. The third kappa shape index (κ3) is 8.54. The zero-order valence-electron chi connectivity index (χ0n) is 24.0. The van der Waals surface area contributed by atoms with Crippen LogP contribution in [0, 0.1) is 0 Å². The van der Waals surface area contributed by atoms with E-state index in [4.69, 9.17) is 5.21 Å². The van der Waals surface area contributed by atoms with E-state index in [0.717, 1.165) is 58.2 Å². The molecule has 1 amide bonds. The summed E-state index contributed by atoms with van der Waals surface area (Å²) in [7, 11) is 4.42. The van der Waals surface area contributed by atoms with E-state index in [-0.39, 0.29) is 5.91 Å². The molecular formula is C32H45N5O2S+2. The summed E-state index contributed by atoms with van der Waals surface area (Å²) in [6, 6.07) is 19.6. The lowest BCUT2D eigenvalue weighted by Gasteiger charge is -2.14. The average Bonchev–Trinajstić information content (AvgIpc) is 3.28. The van der Waals surface area contributed by atoms with Gasteiger partial charge in [-0.25, -0.2) is 5.48 Å². The highest BCUT2D eigenvalue weighted by atomic mass is 32.2. The highest BCUT2D eigenvalue weighted by Gasteiger charge is 2.22. The van der Waals surface area contributed by atoms with E-state index in [0.29, 0.717) is 19.5 Å². The fourth-order valence-electron chi connectivity index (χ4n) is 5.22. The SMILES string of the molecule is CN1/C(=C/c2cc[n+](CCC[NH+](C)CCCCCC(=O)NCCCCNO)c3ccccc23)Sc2ccccc21. The van der Waals surface area contributed by atoms with Gasteiger partial charge in [-0.2, -0.15) is 4.57 Å². The molecule has 1 unspecified atom stereocenters. The summed E-state index contributed by atoms with van der Waals surface area (Å²) in [5.74, 6) is 0.142. The molecular weight excluding hydrogens is 518 g/mol. The van der Waals surface area contributed by atoms with Gasteiger partial charge in [0.25, 0.3) is 0 Å². The minimum Gasteiger partial charge on any atom is -0.356 e. The number of hydrogen-bond acceptors (Lipinski definition) is 5. The number of aryl methyl sites for hydroxylation is 1. The van der Waals surface area contributed by atoms with E-state index in [1.807, 2.05) is 11.8 Å². The molecule has 4 rings (SSSR count). The topological polar surface area (TPSA) is 72.9 Å². The second-order valence-corrected chi connectivity index (χ2v) is 11.7. The molecule has 214 valence electrons. The second-order valence-electron chi connectivity index (χ2n) is 10.7. The normalized spacial score (nSPS) is 14.6. The van der Waals surface area contributed by atoms with Crippen LogP contribution in [-0.2, 0) is 11.3 Å². The number of carbonyl (C=O) groups excluding carboxylic acids is 1. The molecule has 0 radical (unpaired) electrons. The number of benzene rings is 2. The first-order valence-corrected chi connectivity index (χ1v) is 15.5. The molecule has 8 heteroatoms. The highest BCUT2D eigenvalue weighted by Crippen LogP contribution is 2.45. The van der Waals surface area contributed by atoms with Gasteiger partial charge in [0.1, 0.15) is 0 Å². The fourth-order valence-corrected chi connectivity index (χ4v) is 6.32. The molecule has 0 spiro atoms. The quantitative estimate of drug-likeness (QED) is 0.120. The first kappa shape index (κ1) is 30.1. The van der Waals surface area contributed by atoms with Gasteiger partial charge in [-0.05, 0) is 61.9 Å². The number of carbonyl (C=O) groups is 1. The Morgan fingerprint density at radius 2 is 1.75 bits per heavy atom. The first-order chi connectivity index (χ1) is 19.6. The third-order valence-electron chi connectivity index (χ3n) is 7.56. The minimum absolute atomic E-state index is 0.142. The standard InChI is InChI=1S/C32H43N5O2S/c1-35(21-11-3-4-17-31(38)33-19-9-10-20-34-39)22-12-23-37-24-18-26(27-13-5-6-14-28(27)37)25-32-36(2)29-15-7-8-16-30(29)40-32/h5-8,13-16,18,24-25,34,39H,3-4,9-12,17,19-23H2,1-2H3/p+2. The van der Waals surface area contributed by atoms with Gasteiger partial charge in [0.15, 0.2) is 12.7 Å². The Morgan fingerprint density at radius 3 is 2.60 bits per heavy atom. The summed E-state index contributed by atoms with van der Waals surface area (Å²) < 4.78 is 2.39. The maximum atomic E-state index is 11.9. The molecule has 2 heterocycles. The number of thioether (sulfide) groups is 1. The molecule has 0 saturated heterocycles. The van der Waals surface area contributed by atoms with Gasteiger partial charge >= 0.3 is 0 Å². The number of para-hydroxylation sites is 2. The van der Waals surface area contributed by atoms with Gasteiger partial charge in [0, 0.05) is 43.6 Å². The molecule has 0 fully saturated rings. The average molecular weight is 564 g/mol. The fraction of sp³-hybridized carbons (Fsp3) is 0.438. The van der Waals surface area contributed by atoms with Crippen LogP contribution in [0.4, 0.5) is 5.69 Å². The third-order valence-corrected chi connectivity index (χ3v) is 8.72. The van der Waals surface area contributed by atoms with Crippen LogP contribution in [0.25, 0.3) is 17.0 Å². The molecule has 4 N–H and O–H groups in total. The molecule has 2 aromatic carbocycles. The lowest BCUT2D eigenvalue weighted by atomic mass is 10.1. The summed E-state index contributed by atoms with van der Waals surface area (Å²) >= 11 is 1.83. The number of aromatic nitrogens is 1. The zero-order valence-corrected chi connectivity index (χ0v) is 24.8. The van der Waals surface area contributed by atoms with Crippen molar-refractivity contribution in [3.8, 4) is 0 Å². The van der Waals surface area contributed by atoms with Gasteiger partial charge in [0.2, 0.25) is 11.4 Å². The summed E-state index contributed by atoms with van der Waals surface area (Å²) in [5, 5.41) is 14.1. The predicted octanol–water partition coefficient (Wildman–Crippen LogP) is 4.01. The number of fused-ring (bicyclic) bond motifs is 2. The van der Waals surface area contributed by atoms with E-state index >= 15 is 0 Å². The zero-order chi connectivity index (χ0) is 28.2. The first-order valence-electron chi connectivity index (χ1n) is 14.7. The number of hydroxylamine groups is 1. The lowest BCUT2D eigenvalue weighted by Crippen LogP contribution is -3.09. The van der Waals surface area contributed by atoms with Gasteiger partial charge in [-0.3, -0.25) is 4.79 Å². The Balaban J connectivity index is 1.20. The molecule has 1 aliphatic heterocycles. The smallest absolute Gasteiger partial charge is 0.219 e. The largest absolute Gasteiger partial charge is 0.356 e. The molecule has 7 nitrogen and oxygen atoms in total. The Hall–Kier alpha value is -2.91. The molecule has 3 aromatic rings. The van der Waals surface area contributed by atoms with E-state index in [1.165, 1.54) is 32.1 Å². The molecule has 0 aliphatic carbocycles. The van der Waals surface area contributed by atoms with Crippen molar-refractivity contribution in [2.24, 2.45) is 0 Å². The Morgan fingerprint density at radius 1 is 0.975 bits per heavy atom. The van der Waals surface area contributed by atoms with Crippen LogP contribution < -0.4 is 25.2 Å². The molecule has 1 aromatic heterocycles. The maximum absolute atomic E-state index is 11.9. The van der Waals surface area contributed by atoms with Crippen molar-refractivity contribution in [3.63, 3.8) is 0 Å². The molecule has 40 heavy (non-hydrogen) atoms. The van der Waals surface area contributed by atoms with Crippen LogP contribution in [0.2, 0.25) is 0 Å². The number of pyridine rings is 1. The number of quaternary nitrogens is 1. The number of nitrogens with zero attached hydrogens (tertiary/aromatic N) is 2. The number of amides is 1. The van der Waals surface area contributed by atoms with Crippen LogP contribution in [-0.4, -0.2) is 51.4 Å². The second kappa shape index (κ2) is 15.8. The van der Waals surface area contributed by atoms with Gasteiger partial charge in [-0.1, -0.05) is 36.0 Å². The molecule has 1 aliphatic rings. The number of hydrogen-bond donors (Lipinski definition) is 4. The summed E-state index contributed by atoms with van der Waals surface area (Å²) in [5.41, 5.74) is 5.94. The van der Waals surface area contributed by atoms with Crippen molar-refractivity contribution < 1.29 is 19.5 Å². The Labute approximate surface area is 243 Å². The van der Waals surface area contributed by atoms with Gasteiger partial charge in [0.05, 0.1) is 42.7 Å². The summed E-state index contributed by atoms with van der Waals surface area (Å²) in [6.45, 7) is 4.53. The van der Waals surface area contributed by atoms with Gasteiger partial charge < -0.3 is 20.3 Å². The number of anilines is 1. The van der Waals surface area contributed by atoms with Crippen molar-refractivity contribution in [2.75, 3.05) is 45.2 Å². The molecule has 0 saturated carbocycles. The van der Waals surface area contributed by atoms with Crippen molar-refractivity contribution in [1.82, 2.24) is 10.8 Å². The number of rotatable bonds is 16. The highest BCUT2D eigenvalue weighted by molar-refractivity contribution is 8.03.